The zero-order valence-corrected chi connectivity index (χ0v) is 22.8. The fraction of sp³-hybridized carbons (Fsp3) is 0.467. The molecule has 2 aromatic rings. The summed E-state index contributed by atoms with van der Waals surface area (Å²) in [6.45, 7) is 14.2. The number of esters is 1. The van der Waals surface area contributed by atoms with Crippen LogP contribution in [0.3, 0.4) is 0 Å². The van der Waals surface area contributed by atoms with Crippen molar-refractivity contribution in [3.8, 4) is 11.5 Å². The second kappa shape index (κ2) is 12.7. The minimum Gasteiger partial charge on any atom is -0.491 e. The molecule has 0 saturated heterocycles. The third kappa shape index (κ3) is 8.83. The first-order chi connectivity index (χ1) is 16.8. The van der Waals surface area contributed by atoms with Crippen molar-refractivity contribution in [2.45, 2.75) is 66.1 Å². The minimum atomic E-state index is -0.564. The summed E-state index contributed by atoms with van der Waals surface area (Å²) in [5.74, 6) is 0.804. The molecule has 0 N–H and O–H groups in total. The second-order valence-corrected chi connectivity index (χ2v) is 10.5. The van der Waals surface area contributed by atoms with Gasteiger partial charge >= 0.3 is 5.97 Å². The zero-order valence-electron chi connectivity index (χ0n) is 22.8. The number of carbonyl (C=O) groups excluding carboxylic acids is 2. The molecule has 0 saturated carbocycles. The van der Waals surface area contributed by atoms with E-state index < -0.39 is 17.5 Å². The molecule has 0 aliphatic heterocycles. The molecule has 0 bridgehead atoms. The van der Waals surface area contributed by atoms with Gasteiger partial charge in [0, 0.05) is 24.0 Å². The third-order valence-electron chi connectivity index (χ3n) is 5.95. The van der Waals surface area contributed by atoms with Crippen LogP contribution in [0.1, 0.15) is 59.6 Å². The van der Waals surface area contributed by atoms with Crippen LogP contribution in [-0.4, -0.2) is 44.3 Å². The summed E-state index contributed by atoms with van der Waals surface area (Å²) >= 11 is 0. The van der Waals surface area contributed by atoms with Gasteiger partial charge in [0.2, 0.25) is 0 Å². The Bertz CT molecular complexity index is 1010. The summed E-state index contributed by atoms with van der Waals surface area (Å²) in [5, 5.41) is 0. The van der Waals surface area contributed by atoms with Crippen LogP contribution in [0.2, 0.25) is 0 Å². The Balaban J connectivity index is 1.90. The molecule has 2 atom stereocenters. The monoisotopic (exact) mass is 496 g/mol. The van der Waals surface area contributed by atoms with Gasteiger partial charge in [-0.15, -0.1) is 0 Å². The molecular formula is C30H40O6. The van der Waals surface area contributed by atoms with Crippen LogP contribution in [0.5, 0.6) is 11.5 Å². The number of hydrogen-bond acceptors (Lipinski definition) is 6. The Morgan fingerprint density at radius 1 is 0.750 bits per heavy atom. The Morgan fingerprint density at radius 2 is 1.19 bits per heavy atom. The smallest absolute Gasteiger partial charge is 0.331 e. The SMILES string of the molecule is COC(C)COc1ccc(C(C)(C)c2ccc(OCC(C)OC(=O)/C=C/C(=O)C(C)(C)C)cc2)cc1. The average Bonchev–Trinajstić information content (AvgIpc) is 2.84. The maximum Gasteiger partial charge on any atom is 0.331 e. The van der Waals surface area contributed by atoms with Crippen molar-refractivity contribution < 1.29 is 28.5 Å². The fourth-order valence-electron chi connectivity index (χ4n) is 3.26. The average molecular weight is 497 g/mol. The van der Waals surface area contributed by atoms with Gasteiger partial charge in [0.1, 0.15) is 30.8 Å². The number of allylic oxidation sites excluding steroid dienone is 1. The molecule has 36 heavy (non-hydrogen) atoms. The number of ketones is 1. The molecule has 6 nitrogen and oxygen atoms in total. The first kappa shape index (κ1) is 29.1. The number of carbonyl (C=O) groups is 2. The molecule has 0 spiro atoms. The quantitative estimate of drug-likeness (QED) is 0.269. The summed E-state index contributed by atoms with van der Waals surface area (Å²) in [7, 11) is 1.67. The molecular weight excluding hydrogens is 456 g/mol. The van der Waals surface area contributed by atoms with Gasteiger partial charge in [0.15, 0.2) is 5.78 Å². The van der Waals surface area contributed by atoms with E-state index in [9.17, 15) is 9.59 Å². The highest BCUT2D eigenvalue weighted by molar-refractivity contribution is 5.98. The van der Waals surface area contributed by atoms with Crippen molar-refractivity contribution in [3.05, 3.63) is 71.8 Å². The molecule has 0 heterocycles. The van der Waals surface area contributed by atoms with Gasteiger partial charge in [-0.1, -0.05) is 58.9 Å². The van der Waals surface area contributed by atoms with Crippen molar-refractivity contribution in [3.63, 3.8) is 0 Å². The van der Waals surface area contributed by atoms with E-state index in [1.54, 1.807) is 34.8 Å². The normalized spacial score (nSPS) is 13.8. The van der Waals surface area contributed by atoms with Crippen molar-refractivity contribution in [2.75, 3.05) is 20.3 Å². The third-order valence-corrected chi connectivity index (χ3v) is 5.95. The first-order valence-electron chi connectivity index (χ1n) is 12.3. The lowest BCUT2D eigenvalue weighted by atomic mass is 9.78. The Kier molecular flexibility index (Phi) is 10.3. The van der Waals surface area contributed by atoms with E-state index >= 15 is 0 Å². The molecule has 2 aromatic carbocycles. The van der Waals surface area contributed by atoms with Crippen LogP contribution >= 0.6 is 0 Å². The standard InChI is InChI=1S/C30H40O6/c1-21(33-8)19-34-25-13-9-23(10-14-25)30(6,7)24-11-15-26(16-12-24)35-20-22(2)36-28(32)18-17-27(31)29(3,4)5/h9-18,21-22H,19-20H2,1-8H3/b18-17+. The summed E-state index contributed by atoms with van der Waals surface area (Å²) in [6.07, 6.45) is 2.01. The van der Waals surface area contributed by atoms with E-state index in [-0.39, 0.29) is 23.9 Å². The Labute approximate surface area is 215 Å². The number of methoxy groups -OCH3 is 1. The number of hydrogen-bond donors (Lipinski definition) is 0. The predicted octanol–water partition coefficient (Wildman–Crippen LogP) is 5.91. The molecule has 0 fully saturated rings. The van der Waals surface area contributed by atoms with E-state index in [1.165, 1.54) is 17.7 Å². The molecule has 0 aliphatic rings. The van der Waals surface area contributed by atoms with Crippen molar-refractivity contribution in [1.82, 2.24) is 0 Å². The van der Waals surface area contributed by atoms with Gasteiger partial charge in [-0.2, -0.15) is 0 Å². The van der Waals surface area contributed by atoms with E-state index in [2.05, 4.69) is 26.0 Å². The lowest BCUT2D eigenvalue weighted by Crippen LogP contribution is -2.22. The summed E-state index contributed by atoms with van der Waals surface area (Å²) in [5.41, 5.74) is 1.57. The van der Waals surface area contributed by atoms with Crippen LogP contribution in [0.4, 0.5) is 0 Å². The molecule has 2 rings (SSSR count). The van der Waals surface area contributed by atoms with Crippen LogP contribution in [-0.2, 0) is 24.5 Å². The van der Waals surface area contributed by atoms with Crippen molar-refractivity contribution in [1.29, 1.82) is 0 Å². The molecule has 6 heteroatoms. The Hall–Kier alpha value is -3.12. The van der Waals surface area contributed by atoms with Crippen molar-refractivity contribution in [2.24, 2.45) is 5.41 Å². The van der Waals surface area contributed by atoms with Crippen LogP contribution < -0.4 is 9.47 Å². The maximum atomic E-state index is 12.0. The number of rotatable bonds is 12. The summed E-state index contributed by atoms with van der Waals surface area (Å²) < 4.78 is 22.1. The van der Waals surface area contributed by atoms with Crippen LogP contribution in [0, 0.1) is 5.41 Å². The molecule has 0 radical (unpaired) electrons. The minimum absolute atomic E-state index is 0.0397. The molecule has 0 aliphatic carbocycles. The lowest BCUT2D eigenvalue weighted by Gasteiger charge is -2.26. The van der Waals surface area contributed by atoms with Crippen LogP contribution in [0.15, 0.2) is 60.7 Å². The van der Waals surface area contributed by atoms with Gasteiger partial charge in [-0.3, -0.25) is 4.79 Å². The van der Waals surface area contributed by atoms with Gasteiger partial charge in [0.25, 0.3) is 0 Å². The van der Waals surface area contributed by atoms with Gasteiger partial charge in [-0.25, -0.2) is 4.79 Å². The topological polar surface area (TPSA) is 71.1 Å². The Morgan fingerprint density at radius 3 is 1.61 bits per heavy atom. The molecule has 0 aromatic heterocycles. The zero-order chi connectivity index (χ0) is 26.9. The summed E-state index contributed by atoms with van der Waals surface area (Å²) in [4.78, 5) is 23.9. The fourth-order valence-corrected chi connectivity index (χ4v) is 3.26. The van der Waals surface area contributed by atoms with E-state index in [0.29, 0.717) is 12.4 Å². The highest BCUT2D eigenvalue weighted by atomic mass is 16.6. The van der Waals surface area contributed by atoms with Gasteiger partial charge in [-0.05, 0) is 55.3 Å². The number of ether oxygens (including phenoxy) is 4. The lowest BCUT2D eigenvalue weighted by molar-refractivity contribution is -0.143. The predicted molar refractivity (Wildman–Crippen MR) is 142 cm³/mol. The number of benzene rings is 2. The van der Waals surface area contributed by atoms with E-state index in [4.69, 9.17) is 18.9 Å². The van der Waals surface area contributed by atoms with Crippen LogP contribution in [0.25, 0.3) is 0 Å². The molecule has 0 amide bonds. The largest absolute Gasteiger partial charge is 0.491 e. The van der Waals surface area contributed by atoms with Gasteiger partial charge in [0.05, 0.1) is 6.10 Å². The van der Waals surface area contributed by atoms with E-state index in [1.807, 2.05) is 43.3 Å². The molecule has 2 unspecified atom stereocenters. The van der Waals surface area contributed by atoms with E-state index in [0.717, 1.165) is 11.3 Å². The van der Waals surface area contributed by atoms with Crippen molar-refractivity contribution >= 4 is 11.8 Å². The second-order valence-electron chi connectivity index (χ2n) is 10.5. The first-order valence-corrected chi connectivity index (χ1v) is 12.3. The highest BCUT2D eigenvalue weighted by Crippen LogP contribution is 2.33. The highest BCUT2D eigenvalue weighted by Gasteiger charge is 2.23. The molecule has 196 valence electrons. The maximum absolute atomic E-state index is 12.0. The summed E-state index contributed by atoms with van der Waals surface area (Å²) in [6, 6.07) is 16.0. The van der Waals surface area contributed by atoms with Gasteiger partial charge < -0.3 is 18.9 Å².